The van der Waals surface area contributed by atoms with Crippen molar-refractivity contribution in [2.75, 3.05) is 0 Å². The van der Waals surface area contributed by atoms with Gasteiger partial charge in [0.2, 0.25) is 0 Å². The maximum atomic E-state index is 12.1. The van der Waals surface area contributed by atoms with E-state index in [2.05, 4.69) is 38.5 Å². The molecule has 0 aliphatic heterocycles. The minimum Gasteiger partial charge on any atom is -0.294 e. The Labute approximate surface area is 130 Å². The van der Waals surface area contributed by atoms with Gasteiger partial charge in [0.05, 0.1) is 4.34 Å². The van der Waals surface area contributed by atoms with E-state index in [0.717, 1.165) is 22.8 Å². The van der Waals surface area contributed by atoms with Crippen molar-refractivity contribution in [1.82, 2.24) is 0 Å². The quantitative estimate of drug-likeness (QED) is 0.473. The van der Waals surface area contributed by atoms with E-state index in [1.54, 1.807) is 0 Å². The van der Waals surface area contributed by atoms with E-state index in [-0.39, 0.29) is 5.78 Å². The molecule has 0 aliphatic carbocycles. The maximum absolute atomic E-state index is 12.1. The highest BCUT2D eigenvalue weighted by Crippen LogP contribution is 2.24. The molecular formula is C12H7BrClIOS. The number of hydrogen-bond acceptors (Lipinski definition) is 2. The molecular weight excluding hydrogens is 434 g/mol. The van der Waals surface area contributed by atoms with Crippen LogP contribution < -0.4 is 0 Å². The molecule has 0 amide bonds. The normalized spacial score (nSPS) is 10.5. The largest absolute Gasteiger partial charge is 0.294 e. The van der Waals surface area contributed by atoms with E-state index in [1.807, 2.05) is 30.3 Å². The first-order valence-corrected chi connectivity index (χ1v) is 7.85. The Hall–Kier alpha value is 0.0900. The van der Waals surface area contributed by atoms with Crippen LogP contribution in [0.3, 0.4) is 0 Å². The highest BCUT2D eigenvalue weighted by molar-refractivity contribution is 14.1. The van der Waals surface area contributed by atoms with Gasteiger partial charge in [-0.1, -0.05) is 27.5 Å². The average Bonchev–Trinajstić information content (AvgIpc) is 2.67. The molecule has 0 spiro atoms. The summed E-state index contributed by atoms with van der Waals surface area (Å²) >= 11 is 12.9. The SMILES string of the molecule is O=C(Cc1ccc(Cl)s1)c1cc(Br)ccc1I. The van der Waals surface area contributed by atoms with Crippen LogP contribution in [0.4, 0.5) is 0 Å². The molecule has 2 rings (SSSR count). The van der Waals surface area contributed by atoms with E-state index in [9.17, 15) is 4.79 Å². The Morgan fingerprint density at radius 2 is 2.12 bits per heavy atom. The fourth-order valence-corrected chi connectivity index (χ4v) is 3.49. The number of carbonyl (C=O) groups excluding carboxylic acids is 1. The van der Waals surface area contributed by atoms with Gasteiger partial charge >= 0.3 is 0 Å². The third-order valence-electron chi connectivity index (χ3n) is 2.19. The van der Waals surface area contributed by atoms with E-state index in [1.165, 1.54) is 11.3 Å². The third-order valence-corrected chi connectivity index (χ3v) is 4.86. The van der Waals surface area contributed by atoms with Crippen molar-refractivity contribution in [3.63, 3.8) is 0 Å². The van der Waals surface area contributed by atoms with Crippen molar-refractivity contribution in [3.05, 3.63) is 53.2 Å². The predicted octanol–water partition coefficient (Wildman–Crippen LogP) is 5.19. The summed E-state index contributed by atoms with van der Waals surface area (Å²) in [5.41, 5.74) is 0.754. The van der Waals surface area contributed by atoms with Crippen molar-refractivity contribution in [2.45, 2.75) is 6.42 Å². The maximum Gasteiger partial charge on any atom is 0.169 e. The van der Waals surface area contributed by atoms with Gasteiger partial charge < -0.3 is 0 Å². The van der Waals surface area contributed by atoms with Crippen LogP contribution in [-0.4, -0.2) is 5.78 Å². The van der Waals surface area contributed by atoms with Crippen LogP contribution in [0.2, 0.25) is 4.34 Å². The predicted molar refractivity (Wildman–Crippen MR) is 84.2 cm³/mol. The number of Topliss-reactive ketones (excluding diaryl/α,β-unsaturated/α-hetero) is 1. The molecule has 0 fully saturated rings. The molecule has 1 aromatic heterocycles. The topological polar surface area (TPSA) is 17.1 Å². The second-order valence-electron chi connectivity index (χ2n) is 3.43. The number of hydrogen-bond donors (Lipinski definition) is 0. The zero-order valence-corrected chi connectivity index (χ0v) is 13.9. The molecule has 0 atom stereocenters. The summed E-state index contributed by atoms with van der Waals surface area (Å²) in [4.78, 5) is 13.1. The molecule has 1 aromatic carbocycles. The van der Waals surface area contributed by atoms with Crippen molar-refractivity contribution >= 4 is 67.2 Å². The molecule has 0 bridgehead atoms. The lowest BCUT2D eigenvalue weighted by Crippen LogP contribution is -2.04. The number of ketones is 1. The fraction of sp³-hybridized carbons (Fsp3) is 0.0833. The first-order chi connectivity index (χ1) is 8.06. The molecule has 2 aromatic rings. The van der Waals surface area contributed by atoms with Crippen LogP contribution in [0.15, 0.2) is 34.8 Å². The number of rotatable bonds is 3. The molecule has 1 heterocycles. The smallest absolute Gasteiger partial charge is 0.169 e. The average molecular weight is 442 g/mol. The summed E-state index contributed by atoms with van der Waals surface area (Å²) in [5, 5.41) is 0. The second-order valence-corrected chi connectivity index (χ2v) is 7.31. The summed E-state index contributed by atoms with van der Waals surface area (Å²) in [5.74, 6) is 0.120. The molecule has 5 heteroatoms. The minimum absolute atomic E-state index is 0.120. The van der Waals surface area contributed by atoms with Crippen LogP contribution >= 0.6 is 61.5 Å². The van der Waals surface area contributed by atoms with Crippen LogP contribution in [0.25, 0.3) is 0 Å². The van der Waals surface area contributed by atoms with Gasteiger partial charge in [0.1, 0.15) is 0 Å². The second kappa shape index (κ2) is 5.82. The highest BCUT2D eigenvalue weighted by atomic mass is 127. The molecule has 88 valence electrons. The Kier molecular flexibility index (Phi) is 4.63. The van der Waals surface area contributed by atoms with Crippen LogP contribution in [0.5, 0.6) is 0 Å². The number of thiophene rings is 1. The summed E-state index contributed by atoms with van der Waals surface area (Å²) in [6, 6.07) is 9.44. The van der Waals surface area contributed by atoms with Gasteiger partial charge in [0.25, 0.3) is 0 Å². The number of benzene rings is 1. The van der Waals surface area contributed by atoms with Gasteiger partial charge in [0, 0.05) is 24.9 Å². The monoisotopic (exact) mass is 440 g/mol. The zero-order valence-electron chi connectivity index (χ0n) is 8.54. The summed E-state index contributed by atoms with van der Waals surface area (Å²) < 4.78 is 2.61. The first-order valence-electron chi connectivity index (χ1n) is 4.79. The van der Waals surface area contributed by atoms with Crippen LogP contribution in [0.1, 0.15) is 15.2 Å². The van der Waals surface area contributed by atoms with Gasteiger partial charge in [0.15, 0.2) is 5.78 Å². The first kappa shape index (κ1) is 13.5. The molecule has 0 saturated carbocycles. The van der Waals surface area contributed by atoms with Crippen LogP contribution in [-0.2, 0) is 6.42 Å². The van der Waals surface area contributed by atoms with E-state index < -0.39 is 0 Å². The number of halogens is 3. The van der Waals surface area contributed by atoms with Crippen molar-refractivity contribution in [3.8, 4) is 0 Å². The molecule has 1 nitrogen and oxygen atoms in total. The summed E-state index contributed by atoms with van der Waals surface area (Å²) in [6.45, 7) is 0. The van der Waals surface area contributed by atoms with E-state index in [4.69, 9.17) is 11.6 Å². The van der Waals surface area contributed by atoms with Gasteiger partial charge in [-0.15, -0.1) is 11.3 Å². The lowest BCUT2D eigenvalue weighted by molar-refractivity contribution is 0.0993. The lowest BCUT2D eigenvalue weighted by Gasteiger charge is -2.03. The van der Waals surface area contributed by atoms with Gasteiger partial charge in [-0.2, -0.15) is 0 Å². The molecule has 0 saturated heterocycles. The van der Waals surface area contributed by atoms with Gasteiger partial charge in [-0.05, 0) is 52.9 Å². The van der Waals surface area contributed by atoms with Crippen molar-refractivity contribution in [1.29, 1.82) is 0 Å². The third kappa shape index (κ3) is 3.53. The fourth-order valence-electron chi connectivity index (χ4n) is 1.41. The Morgan fingerprint density at radius 1 is 1.35 bits per heavy atom. The minimum atomic E-state index is 0.120. The molecule has 0 N–H and O–H groups in total. The van der Waals surface area contributed by atoms with Crippen molar-refractivity contribution < 1.29 is 4.79 Å². The van der Waals surface area contributed by atoms with E-state index >= 15 is 0 Å². The van der Waals surface area contributed by atoms with E-state index in [0.29, 0.717) is 6.42 Å². The number of carbonyl (C=O) groups is 1. The van der Waals surface area contributed by atoms with Gasteiger partial charge in [-0.25, -0.2) is 0 Å². The van der Waals surface area contributed by atoms with Crippen molar-refractivity contribution in [2.24, 2.45) is 0 Å². The molecule has 0 radical (unpaired) electrons. The standard InChI is InChI=1S/C12H7BrClIOS/c13-7-1-3-10(15)9(5-7)11(16)6-8-2-4-12(14)17-8/h1-5H,6H2. The Bertz CT molecular complexity index is 567. The molecule has 0 aliphatic rings. The lowest BCUT2D eigenvalue weighted by atomic mass is 10.1. The van der Waals surface area contributed by atoms with Gasteiger partial charge in [-0.3, -0.25) is 4.79 Å². The summed E-state index contributed by atoms with van der Waals surface area (Å²) in [6.07, 6.45) is 0.407. The molecule has 17 heavy (non-hydrogen) atoms. The highest BCUT2D eigenvalue weighted by Gasteiger charge is 2.12. The molecule has 0 unspecified atom stereocenters. The summed E-state index contributed by atoms with van der Waals surface area (Å²) in [7, 11) is 0. The Morgan fingerprint density at radius 3 is 2.76 bits per heavy atom. The van der Waals surface area contributed by atoms with Crippen LogP contribution in [0, 0.1) is 3.57 Å². The Balaban J connectivity index is 2.22. The zero-order chi connectivity index (χ0) is 12.4.